The van der Waals surface area contributed by atoms with E-state index in [1.54, 1.807) is 24.3 Å². The van der Waals surface area contributed by atoms with Crippen molar-refractivity contribution in [2.75, 3.05) is 13.1 Å². The van der Waals surface area contributed by atoms with Crippen LogP contribution in [-0.2, 0) is 6.18 Å². The van der Waals surface area contributed by atoms with E-state index in [1.807, 2.05) is 0 Å². The van der Waals surface area contributed by atoms with E-state index in [0.29, 0.717) is 22.4 Å². The molecular weight excluding hydrogens is 399 g/mol. The summed E-state index contributed by atoms with van der Waals surface area (Å²) in [6.07, 6.45) is 0.0336. The maximum absolute atomic E-state index is 12.8. The number of nitrogens with zero attached hydrogens (tertiary/aromatic N) is 2. The molecule has 29 heavy (non-hydrogen) atoms. The fourth-order valence-corrected chi connectivity index (χ4v) is 5.06. The number of aromatic nitrogens is 1. The third kappa shape index (κ3) is 4.43. The van der Waals surface area contributed by atoms with Gasteiger partial charge in [0.15, 0.2) is 0 Å². The summed E-state index contributed by atoms with van der Waals surface area (Å²) in [6.45, 7) is 4.38. The number of piperidine rings is 3. The van der Waals surface area contributed by atoms with Crippen LogP contribution in [0.4, 0.5) is 13.2 Å². The lowest BCUT2D eigenvalue weighted by molar-refractivity contribution is -0.138. The Morgan fingerprint density at radius 1 is 1.14 bits per heavy atom. The predicted molar refractivity (Wildman–Crippen MR) is 105 cm³/mol. The standard InChI is InChI=1S/C21H22F3N3OS/c1-13-19(14-6-8-27(13)9-7-14)26-20(28)15-2-4-17(5-3-15)29-18-10-16(11-25-12-18)21(22,23)24/h2-5,10-14,19H,6-9H2,1H3,(H,26,28)/t13-,19-/m0/s1. The number of fused-ring (bicyclic) bond motifs is 3. The zero-order chi connectivity index (χ0) is 20.6. The molecule has 3 aliphatic rings. The first kappa shape index (κ1) is 20.2. The van der Waals surface area contributed by atoms with E-state index in [-0.39, 0.29) is 11.9 Å². The second-order valence-corrected chi connectivity index (χ2v) is 8.79. The topological polar surface area (TPSA) is 45.2 Å². The van der Waals surface area contributed by atoms with Crippen molar-refractivity contribution in [3.8, 4) is 0 Å². The largest absolute Gasteiger partial charge is 0.417 e. The summed E-state index contributed by atoms with van der Waals surface area (Å²) < 4.78 is 38.5. The van der Waals surface area contributed by atoms with Gasteiger partial charge in [-0.25, -0.2) is 0 Å². The molecule has 3 saturated heterocycles. The van der Waals surface area contributed by atoms with Crippen molar-refractivity contribution < 1.29 is 18.0 Å². The van der Waals surface area contributed by atoms with E-state index in [9.17, 15) is 18.0 Å². The van der Waals surface area contributed by atoms with Crippen LogP contribution in [0, 0.1) is 5.92 Å². The minimum atomic E-state index is -4.42. The van der Waals surface area contributed by atoms with Crippen LogP contribution in [0.25, 0.3) is 0 Å². The Labute approximate surface area is 171 Å². The molecule has 8 heteroatoms. The molecule has 0 aliphatic carbocycles. The van der Waals surface area contributed by atoms with E-state index in [2.05, 4.69) is 22.1 Å². The number of nitrogens with one attached hydrogen (secondary N) is 1. The van der Waals surface area contributed by atoms with Crippen LogP contribution in [0.2, 0.25) is 0 Å². The smallest absolute Gasteiger partial charge is 0.347 e. The minimum absolute atomic E-state index is 0.104. The van der Waals surface area contributed by atoms with E-state index < -0.39 is 11.7 Å². The molecule has 1 aromatic heterocycles. The summed E-state index contributed by atoms with van der Waals surface area (Å²) >= 11 is 1.18. The number of hydrogen-bond acceptors (Lipinski definition) is 4. The SMILES string of the molecule is C[C@H]1[C@H](NC(=O)c2ccc(Sc3cncc(C(F)(F)F)c3)cc2)C2CCN1CC2. The molecule has 1 amide bonds. The lowest BCUT2D eigenvalue weighted by Gasteiger charge is -2.49. The highest BCUT2D eigenvalue weighted by Crippen LogP contribution is 2.34. The van der Waals surface area contributed by atoms with Crippen LogP contribution in [0.15, 0.2) is 52.5 Å². The maximum Gasteiger partial charge on any atom is 0.417 e. The molecule has 1 N–H and O–H groups in total. The Morgan fingerprint density at radius 2 is 1.83 bits per heavy atom. The van der Waals surface area contributed by atoms with Gasteiger partial charge in [-0.2, -0.15) is 13.2 Å². The number of pyridine rings is 1. The minimum Gasteiger partial charge on any atom is -0.347 e. The molecule has 0 radical (unpaired) electrons. The van der Waals surface area contributed by atoms with Gasteiger partial charge in [0, 0.05) is 39.8 Å². The fourth-order valence-electron chi connectivity index (χ4n) is 4.22. The van der Waals surface area contributed by atoms with Gasteiger partial charge in [-0.15, -0.1) is 0 Å². The molecule has 154 valence electrons. The van der Waals surface area contributed by atoms with Gasteiger partial charge in [0.25, 0.3) is 5.91 Å². The zero-order valence-corrected chi connectivity index (χ0v) is 16.8. The van der Waals surface area contributed by atoms with Crippen LogP contribution in [0.1, 0.15) is 35.7 Å². The van der Waals surface area contributed by atoms with Gasteiger partial charge >= 0.3 is 6.18 Å². The van der Waals surface area contributed by atoms with Gasteiger partial charge in [0.05, 0.1) is 5.56 Å². The monoisotopic (exact) mass is 421 g/mol. The molecule has 3 fully saturated rings. The van der Waals surface area contributed by atoms with Crippen LogP contribution in [-0.4, -0.2) is 41.0 Å². The Kier molecular flexibility index (Phi) is 5.57. The van der Waals surface area contributed by atoms with Gasteiger partial charge in [0.2, 0.25) is 0 Å². The van der Waals surface area contributed by atoms with Gasteiger partial charge in [0.1, 0.15) is 0 Å². The number of carbonyl (C=O) groups excluding carboxylic acids is 1. The quantitative estimate of drug-likeness (QED) is 0.792. The summed E-state index contributed by atoms with van der Waals surface area (Å²) in [5.74, 6) is 0.426. The Morgan fingerprint density at radius 3 is 2.45 bits per heavy atom. The first-order chi connectivity index (χ1) is 13.8. The summed E-state index contributed by atoms with van der Waals surface area (Å²) in [4.78, 5) is 19.9. The normalized spacial score (nSPS) is 26.3. The molecule has 2 bridgehead atoms. The molecule has 2 aromatic rings. The van der Waals surface area contributed by atoms with Crippen LogP contribution < -0.4 is 5.32 Å². The molecule has 4 nitrogen and oxygen atoms in total. The molecular formula is C21H22F3N3OS. The van der Waals surface area contributed by atoms with Crippen LogP contribution in [0.3, 0.4) is 0 Å². The maximum atomic E-state index is 12.8. The van der Waals surface area contributed by atoms with Crippen LogP contribution in [0.5, 0.6) is 0 Å². The molecule has 5 rings (SSSR count). The second-order valence-electron chi connectivity index (χ2n) is 7.65. The van der Waals surface area contributed by atoms with Crippen LogP contribution >= 0.6 is 11.8 Å². The number of rotatable bonds is 4. The zero-order valence-electron chi connectivity index (χ0n) is 15.9. The number of alkyl halides is 3. The van der Waals surface area contributed by atoms with Crippen molar-refractivity contribution in [3.05, 3.63) is 53.9 Å². The number of halogens is 3. The molecule has 2 atom stereocenters. The first-order valence-corrected chi connectivity index (χ1v) is 10.5. The number of benzene rings is 1. The fraction of sp³-hybridized carbons (Fsp3) is 0.429. The average Bonchev–Trinajstić information content (AvgIpc) is 2.71. The van der Waals surface area contributed by atoms with Crippen molar-refractivity contribution in [1.82, 2.24) is 15.2 Å². The third-order valence-electron chi connectivity index (χ3n) is 5.87. The lowest BCUT2D eigenvalue weighted by Crippen LogP contribution is -2.62. The molecule has 4 heterocycles. The van der Waals surface area contributed by atoms with E-state index in [0.717, 1.165) is 43.1 Å². The summed E-state index contributed by atoms with van der Waals surface area (Å²) in [6, 6.07) is 8.51. The lowest BCUT2D eigenvalue weighted by atomic mass is 9.79. The van der Waals surface area contributed by atoms with E-state index >= 15 is 0 Å². The van der Waals surface area contributed by atoms with Gasteiger partial charge < -0.3 is 5.32 Å². The van der Waals surface area contributed by atoms with Gasteiger partial charge in [-0.3, -0.25) is 14.7 Å². The first-order valence-electron chi connectivity index (χ1n) is 9.66. The highest BCUT2D eigenvalue weighted by Gasteiger charge is 2.40. The molecule has 0 saturated carbocycles. The number of hydrogen-bond donors (Lipinski definition) is 1. The summed E-state index contributed by atoms with van der Waals surface area (Å²) in [5, 5.41) is 3.19. The van der Waals surface area contributed by atoms with Crippen molar-refractivity contribution in [1.29, 1.82) is 0 Å². The third-order valence-corrected chi connectivity index (χ3v) is 6.84. The van der Waals surface area contributed by atoms with Gasteiger partial charge in [-0.1, -0.05) is 11.8 Å². The van der Waals surface area contributed by atoms with E-state index in [1.165, 1.54) is 18.0 Å². The van der Waals surface area contributed by atoms with Crippen molar-refractivity contribution in [2.24, 2.45) is 5.92 Å². The average molecular weight is 421 g/mol. The molecule has 3 aliphatic heterocycles. The Balaban J connectivity index is 1.41. The van der Waals surface area contributed by atoms with E-state index in [4.69, 9.17) is 0 Å². The summed E-state index contributed by atoms with van der Waals surface area (Å²) in [7, 11) is 0. The Bertz CT molecular complexity index is 877. The van der Waals surface area contributed by atoms with Crippen molar-refractivity contribution >= 4 is 17.7 Å². The second kappa shape index (κ2) is 7.99. The summed E-state index contributed by atoms with van der Waals surface area (Å²) in [5.41, 5.74) is -0.217. The highest BCUT2D eigenvalue weighted by molar-refractivity contribution is 7.99. The Hall–Kier alpha value is -2.06. The molecule has 0 unspecified atom stereocenters. The molecule has 1 aromatic carbocycles. The number of amides is 1. The van der Waals surface area contributed by atoms with Gasteiger partial charge in [-0.05, 0) is 69.1 Å². The van der Waals surface area contributed by atoms with Crippen molar-refractivity contribution in [3.63, 3.8) is 0 Å². The highest BCUT2D eigenvalue weighted by atomic mass is 32.2. The predicted octanol–water partition coefficient (Wildman–Crippen LogP) is 4.46. The van der Waals surface area contributed by atoms with Crippen molar-refractivity contribution in [2.45, 2.75) is 47.8 Å². The molecule has 0 spiro atoms. The number of carbonyl (C=O) groups is 1.